The third-order valence-electron chi connectivity index (χ3n) is 1.98. The summed E-state index contributed by atoms with van der Waals surface area (Å²) in [7, 11) is 1.60. The number of amides is 2. The minimum absolute atomic E-state index is 0.0218. The second kappa shape index (κ2) is 9.15. The zero-order chi connectivity index (χ0) is 13.3. The van der Waals surface area contributed by atoms with E-state index in [4.69, 9.17) is 5.11 Å². The second-order valence-corrected chi connectivity index (χ2v) is 5.42. The molecule has 0 rings (SSSR count). The van der Waals surface area contributed by atoms with Gasteiger partial charge in [0.1, 0.15) is 0 Å². The molecular weight excluding hydrogens is 240 g/mol. The summed E-state index contributed by atoms with van der Waals surface area (Å²) >= 11 is 1.81. The third-order valence-corrected chi connectivity index (χ3v) is 3.38. The molecular formula is C11H22N2O3S. The number of nitrogens with one attached hydrogen (secondary N) is 1. The van der Waals surface area contributed by atoms with Gasteiger partial charge in [-0.3, -0.25) is 4.79 Å². The zero-order valence-electron chi connectivity index (χ0n) is 10.7. The minimum Gasteiger partial charge on any atom is -0.481 e. The Morgan fingerprint density at radius 1 is 1.41 bits per heavy atom. The number of urea groups is 1. The number of carbonyl (C=O) groups is 2. The molecule has 0 saturated carbocycles. The largest absolute Gasteiger partial charge is 0.481 e. The highest BCUT2D eigenvalue weighted by molar-refractivity contribution is 7.99. The molecule has 100 valence electrons. The number of carboxylic acid groups (broad SMARTS) is 1. The van der Waals surface area contributed by atoms with Crippen molar-refractivity contribution < 1.29 is 14.7 Å². The molecule has 0 unspecified atom stereocenters. The molecule has 0 aliphatic carbocycles. The van der Waals surface area contributed by atoms with E-state index in [1.165, 1.54) is 4.90 Å². The predicted octanol–water partition coefficient (Wildman–Crippen LogP) is 1.49. The summed E-state index contributed by atoms with van der Waals surface area (Å²) in [6.07, 6.45) is -0.0218. The van der Waals surface area contributed by atoms with Crippen molar-refractivity contribution in [3.8, 4) is 0 Å². The van der Waals surface area contributed by atoms with Crippen LogP contribution in [0.15, 0.2) is 0 Å². The Morgan fingerprint density at radius 3 is 2.59 bits per heavy atom. The fraction of sp³-hybridized carbons (Fsp3) is 0.818. The van der Waals surface area contributed by atoms with E-state index in [-0.39, 0.29) is 19.0 Å². The normalized spacial score (nSPS) is 10.4. The molecule has 5 nitrogen and oxygen atoms in total. The number of aliphatic carboxylic acids is 1. The van der Waals surface area contributed by atoms with E-state index in [2.05, 4.69) is 19.2 Å². The molecule has 17 heavy (non-hydrogen) atoms. The van der Waals surface area contributed by atoms with Gasteiger partial charge in [-0.25, -0.2) is 4.79 Å². The SMILES string of the molecule is CC(C)CSCCNC(=O)N(C)CCC(=O)O. The number of hydrogen-bond acceptors (Lipinski definition) is 3. The highest BCUT2D eigenvalue weighted by Crippen LogP contribution is 2.05. The monoisotopic (exact) mass is 262 g/mol. The lowest BCUT2D eigenvalue weighted by Gasteiger charge is -2.16. The van der Waals surface area contributed by atoms with Crippen molar-refractivity contribution in [2.75, 3.05) is 31.6 Å². The molecule has 0 aromatic rings. The zero-order valence-corrected chi connectivity index (χ0v) is 11.5. The van der Waals surface area contributed by atoms with E-state index in [0.717, 1.165) is 11.5 Å². The van der Waals surface area contributed by atoms with Crippen molar-refractivity contribution >= 4 is 23.8 Å². The summed E-state index contributed by atoms with van der Waals surface area (Å²) in [6.45, 7) is 5.17. The van der Waals surface area contributed by atoms with Crippen LogP contribution in [0.5, 0.6) is 0 Å². The summed E-state index contributed by atoms with van der Waals surface area (Å²) in [5, 5.41) is 11.2. The maximum Gasteiger partial charge on any atom is 0.317 e. The smallest absolute Gasteiger partial charge is 0.317 e. The van der Waals surface area contributed by atoms with Gasteiger partial charge < -0.3 is 15.3 Å². The van der Waals surface area contributed by atoms with Crippen LogP contribution in [0.25, 0.3) is 0 Å². The highest BCUT2D eigenvalue weighted by Gasteiger charge is 2.08. The molecule has 2 N–H and O–H groups in total. The lowest BCUT2D eigenvalue weighted by atomic mass is 10.3. The van der Waals surface area contributed by atoms with Gasteiger partial charge in [-0.2, -0.15) is 11.8 Å². The van der Waals surface area contributed by atoms with E-state index < -0.39 is 5.97 Å². The van der Waals surface area contributed by atoms with E-state index in [0.29, 0.717) is 12.5 Å². The van der Waals surface area contributed by atoms with E-state index in [1.807, 2.05) is 0 Å². The van der Waals surface area contributed by atoms with Crippen LogP contribution in [0, 0.1) is 5.92 Å². The van der Waals surface area contributed by atoms with E-state index in [1.54, 1.807) is 18.8 Å². The first-order valence-electron chi connectivity index (χ1n) is 5.72. The molecule has 0 atom stereocenters. The Labute approximate surface area is 107 Å². The minimum atomic E-state index is -0.892. The average molecular weight is 262 g/mol. The lowest BCUT2D eigenvalue weighted by Crippen LogP contribution is -2.39. The number of nitrogens with zero attached hydrogens (tertiary/aromatic N) is 1. The van der Waals surface area contributed by atoms with Crippen molar-refractivity contribution in [1.82, 2.24) is 10.2 Å². The molecule has 0 aromatic heterocycles. The number of carbonyl (C=O) groups excluding carboxylic acids is 1. The van der Waals surface area contributed by atoms with Gasteiger partial charge in [0, 0.05) is 25.9 Å². The number of carboxylic acids is 1. The van der Waals surface area contributed by atoms with Crippen LogP contribution in [0.1, 0.15) is 20.3 Å². The first-order valence-corrected chi connectivity index (χ1v) is 6.87. The van der Waals surface area contributed by atoms with Gasteiger partial charge in [-0.1, -0.05) is 13.8 Å². The van der Waals surface area contributed by atoms with Crippen LogP contribution >= 0.6 is 11.8 Å². The fourth-order valence-corrected chi connectivity index (χ4v) is 1.93. The van der Waals surface area contributed by atoms with Crippen LogP contribution in [0.4, 0.5) is 4.79 Å². The Balaban J connectivity index is 3.53. The fourth-order valence-electron chi connectivity index (χ4n) is 1.05. The van der Waals surface area contributed by atoms with Crippen LogP contribution in [0.3, 0.4) is 0 Å². The summed E-state index contributed by atoms with van der Waals surface area (Å²) in [4.78, 5) is 23.2. The second-order valence-electron chi connectivity index (χ2n) is 4.27. The van der Waals surface area contributed by atoms with Gasteiger partial charge in [0.2, 0.25) is 0 Å². The van der Waals surface area contributed by atoms with Gasteiger partial charge in [-0.05, 0) is 11.7 Å². The topological polar surface area (TPSA) is 69.6 Å². The first kappa shape index (κ1) is 16.1. The van der Waals surface area contributed by atoms with Crippen molar-refractivity contribution in [3.05, 3.63) is 0 Å². The molecule has 0 heterocycles. The quantitative estimate of drug-likeness (QED) is 0.650. The third kappa shape index (κ3) is 9.99. The van der Waals surface area contributed by atoms with Gasteiger partial charge in [-0.15, -0.1) is 0 Å². The van der Waals surface area contributed by atoms with Crippen LogP contribution in [-0.4, -0.2) is 53.6 Å². The lowest BCUT2D eigenvalue weighted by molar-refractivity contribution is -0.137. The Kier molecular flexibility index (Phi) is 8.66. The summed E-state index contributed by atoms with van der Waals surface area (Å²) in [5.74, 6) is 1.74. The van der Waals surface area contributed by atoms with Gasteiger partial charge >= 0.3 is 12.0 Å². The van der Waals surface area contributed by atoms with Crippen molar-refractivity contribution in [2.24, 2.45) is 5.92 Å². The summed E-state index contributed by atoms with van der Waals surface area (Å²) < 4.78 is 0. The van der Waals surface area contributed by atoms with Gasteiger partial charge in [0.15, 0.2) is 0 Å². The number of rotatable bonds is 8. The van der Waals surface area contributed by atoms with Crippen LogP contribution in [-0.2, 0) is 4.79 Å². The standard InChI is InChI=1S/C11H22N2O3S/c1-9(2)8-17-7-5-12-11(16)13(3)6-4-10(14)15/h9H,4-8H2,1-3H3,(H,12,16)(H,14,15). The maximum atomic E-state index is 11.5. The van der Waals surface area contributed by atoms with Crippen LogP contribution < -0.4 is 5.32 Å². The maximum absolute atomic E-state index is 11.5. The predicted molar refractivity (Wildman–Crippen MR) is 70.4 cm³/mol. The molecule has 0 aromatic carbocycles. The number of thioether (sulfide) groups is 1. The molecule has 0 aliphatic heterocycles. The van der Waals surface area contributed by atoms with Crippen molar-refractivity contribution in [3.63, 3.8) is 0 Å². The molecule has 6 heteroatoms. The Hall–Kier alpha value is -0.910. The Morgan fingerprint density at radius 2 is 2.06 bits per heavy atom. The molecule has 2 amide bonds. The molecule has 0 bridgehead atoms. The molecule has 0 radical (unpaired) electrons. The van der Waals surface area contributed by atoms with Gasteiger partial charge in [0.25, 0.3) is 0 Å². The highest BCUT2D eigenvalue weighted by atomic mass is 32.2. The molecule has 0 saturated heterocycles. The van der Waals surface area contributed by atoms with Gasteiger partial charge in [0.05, 0.1) is 6.42 Å². The molecule has 0 fully saturated rings. The number of hydrogen-bond donors (Lipinski definition) is 2. The first-order chi connectivity index (χ1) is 7.93. The molecule has 0 spiro atoms. The summed E-state index contributed by atoms with van der Waals surface area (Å²) in [6, 6.07) is -0.212. The van der Waals surface area contributed by atoms with Crippen molar-refractivity contribution in [2.45, 2.75) is 20.3 Å². The van der Waals surface area contributed by atoms with E-state index in [9.17, 15) is 9.59 Å². The van der Waals surface area contributed by atoms with Crippen molar-refractivity contribution in [1.29, 1.82) is 0 Å². The Bertz CT molecular complexity index is 247. The van der Waals surface area contributed by atoms with E-state index >= 15 is 0 Å². The van der Waals surface area contributed by atoms with Crippen LogP contribution in [0.2, 0.25) is 0 Å². The average Bonchev–Trinajstić information content (AvgIpc) is 2.24. The summed E-state index contributed by atoms with van der Waals surface area (Å²) in [5.41, 5.74) is 0. The molecule has 0 aliphatic rings.